The summed E-state index contributed by atoms with van der Waals surface area (Å²) < 4.78 is 0. The van der Waals surface area contributed by atoms with Crippen LogP contribution in [-0.4, -0.2) is 12.0 Å². The average molecular weight is 272 g/mol. The Bertz CT molecular complexity index is 523. The molecule has 19 heavy (non-hydrogen) atoms. The van der Waals surface area contributed by atoms with E-state index < -0.39 is 0 Å². The summed E-state index contributed by atoms with van der Waals surface area (Å²) in [6, 6.07) is 13.1. The molecule has 0 radical (unpaired) electrons. The Morgan fingerprint density at radius 2 is 2.00 bits per heavy atom. The highest BCUT2D eigenvalue weighted by Crippen LogP contribution is 2.24. The Morgan fingerprint density at radius 3 is 2.63 bits per heavy atom. The third-order valence-corrected chi connectivity index (χ3v) is 4.32. The number of aromatic nitrogens is 1. The van der Waals surface area contributed by atoms with Crippen molar-refractivity contribution in [3.8, 4) is 0 Å². The van der Waals surface area contributed by atoms with Gasteiger partial charge in [-0.25, -0.2) is 0 Å². The van der Waals surface area contributed by atoms with Gasteiger partial charge in [0.2, 0.25) is 0 Å². The minimum atomic E-state index is 0.301. The van der Waals surface area contributed by atoms with E-state index in [9.17, 15) is 0 Å². The number of hydrogen-bond acceptors (Lipinski definition) is 3. The molecule has 3 heteroatoms. The molecule has 0 aliphatic heterocycles. The lowest BCUT2D eigenvalue weighted by molar-refractivity contribution is 0.631. The summed E-state index contributed by atoms with van der Waals surface area (Å²) in [5.74, 6) is 0.995. The van der Waals surface area contributed by atoms with E-state index in [4.69, 9.17) is 0 Å². The van der Waals surface area contributed by atoms with E-state index in [1.165, 1.54) is 16.0 Å². The van der Waals surface area contributed by atoms with Gasteiger partial charge in [0.25, 0.3) is 0 Å². The third kappa shape index (κ3) is 3.82. The molecular formula is C16H20N2S. The van der Waals surface area contributed by atoms with Gasteiger partial charge in [-0.3, -0.25) is 4.98 Å². The third-order valence-electron chi connectivity index (χ3n) is 3.29. The Balaban J connectivity index is 1.99. The quantitative estimate of drug-likeness (QED) is 0.834. The van der Waals surface area contributed by atoms with Gasteiger partial charge in [0.1, 0.15) is 0 Å². The van der Waals surface area contributed by atoms with Gasteiger partial charge in [0, 0.05) is 22.9 Å². The van der Waals surface area contributed by atoms with Crippen molar-refractivity contribution >= 4 is 11.8 Å². The molecular weight excluding hydrogens is 252 g/mol. The summed E-state index contributed by atoms with van der Waals surface area (Å²) in [7, 11) is 1.95. The van der Waals surface area contributed by atoms with Crippen molar-refractivity contribution < 1.29 is 0 Å². The lowest BCUT2D eigenvalue weighted by Crippen LogP contribution is -2.13. The molecule has 1 aromatic heterocycles. The summed E-state index contributed by atoms with van der Waals surface area (Å²) >= 11 is 1.83. The molecule has 0 fully saturated rings. The van der Waals surface area contributed by atoms with Crippen LogP contribution in [0.3, 0.4) is 0 Å². The van der Waals surface area contributed by atoms with Crippen LogP contribution < -0.4 is 5.32 Å². The second-order valence-electron chi connectivity index (χ2n) is 4.64. The fourth-order valence-electron chi connectivity index (χ4n) is 1.81. The summed E-state index contributed by atoms with van der Waals surface area (Å²) in [5, 5.41) is 3.20. The molecule has 2 nitrogen and oxygen atoms in total. The number of pyridine rings is 1. The highest BCUT2D eigenvalue weighted by Gasteiger charge is 2.04. The van der Waals surface area contributed by atoms with Crippen molar-refractivity contribution in [2.75, 3.05) is 7.05 Å². The maximum Gasteiger partial charge on any atom is 0.0571 e. The number of thioether (sulfide) groups is 1. The minimum Gasteiger partial charge on any atom is -0.312 e. The SMILES string of the molecule is CNC(C)c1ccc(SCc2ccccc2C)cn1. The number of benzene rings is 1. The van der Waals surface area contributed by atoms with E-state index >= 15 is 0 Å². The van der Waals surface area contributed by atoms with E-state index in [1.54, 1.807) is 0 Å². The van der Waals surface area contributed by atoms with Crippen molar-refractivity contribution in [3.05, 3.63) is 59.4 Å². The van der Waals surface area contributed by atoms with Crippen LogP contribution in [-0.2, 0) is 5.75 Å². The first kappa shape index (κ1) is 14.1. The van der Waals surface area contributed by atoms with E-state index in [0.717, 1.165) is 11.4 Å². The van der Waals surface area contributed by atoms with E-state index in [1.807, 2.05) is 25.0 Å². The molecule has 0 saturated heterocycles. The van der Waals surface area contributed by atoms with Gasteiger partial charge in [-0.05, 0) is 44.2 Å². The predicted octanol–water partition coefficient (Wildman–Crippen LogP) is 3.96. The van der Waals surface area contributed by atoms with Gasteiger partial charge >= 0.3 is 0 Å². The smallest absolute Gasteiger partial charge is 0.0571 e. The molecule has 1 aromatic carbocycles. The van der Waals surface area contributed by atoms with Gasteiger partial charge in [0.05, 0.1) is 5.69 Å². The first-order chi connectivity index (χ1) is 9.20. The Kier molecular flexibility index (Phi) is 5.00. The van der Waals surface area contributed by atoms with Crippen molar-refractivity contribution in [1.82, 2.24) is 10.3 Å². The molecule has 2 aromatic rings. The first-order valence-corrected chi connectivity index (χ1v) is 7.50. The van der Waals surface area contributed by atoms with Crippen LogP contribution in [0, 0.1) is 6.92 Å². The highest BCUT2D eigenvalue weighted by atomic mass is 32.2. The topological polar surface area (TPSA) is 24.9 Å². The van der Waals surface area contributed by atoms with Crippen molar-refractivity contribution in [2.45, 2.75) is 30.5 Å². The van der Waals surface area contributed by atoms with Crippen molar-refractivity contribution in [1.29, 1.82) is 0 Å². The zero-order valence-electron chi connectivity index (χ0n) is 11.7. The molecule has 0 aliphatic rings. The van der Waals surface area contributed by atoms with Crippen molar-refractivity contribution in [2.24, 2.45) is 0 Å². The Morgan fingerprint density at radius 1 is 1.21 bits per heavy atom. The number of aryl methyl sites for hydroxylation is 1. The predicted molar refractivity (Wildman–Crippen MR) is 82.5 cm³/mol. The summed E-state index contributed by atoms with van der Waals surface area (Å²) in [5.41, 5.74) is 3.83. The maximum atomic E-state index is 4.50. The number of hydrogen-bond donors (Lipinski definition) is 1. The second-order valence-corrected chi connectivity index (χ2v) is 5.69. The normalized spacial score (nSPS) is 12.4. The van der Waals surface area contributed by atoms with Crippen LogP contribution in [0.15, 0.2) is 47.5 Å². The van der Waals surface area contributed by atoms with Crippen molar-refractivity contribution in [3.63, 3.8) is 0 Å². The molecule has 0 saturated carbocycles. The van der Waals surface area contributed by atoms with Crippen LogP contribution in [0.2, 0.25) is 0 Å². The molecule has 0 spiro atoms. The Labute approximate surface area is 119 Å². The molecule has 1 N–H and O–H groups in total. The number of nitrogens with zero attached hydrogens (tertiary/aromatic N) is 1. The number of rotatable bonds is 5. The fourth-order valence-corrected chi connectivity index (χ4v) is 2.75. The standard InChI is InChI=1S/C16H20N2S/c1-12-6-4-5-7-14(12)11-19-15-8-9-16(18-10-15)13(2)17-3/h4-10,13,17H,11H2,1-3H3. The van der Waals surface area contributed by atoms with Gasteiger partial charge in [0.15, 0.2) is 0 Å². The lowest BCUT2D eigenvalue weighted by atomic mass is 10.1. The lowest BCUT2D eigenvalue weighted by Gasteiger charge is -2.10. The van der Waals surface area contributed by atoms with E-state index in [2.05, 4.69) is 60.5 Å². The first-order valence-electron chi connectivity index (χ1n) is 6.51. The molecule has 0 aliphatic carbocycles. The molecule has 2 rings (SSSR count). The summed E-state index contributed by atoms with van der Waals surface area (Å²) in [4.78, 5) is 5.72. The average Bonchev–Trinajstić information content (AvgIpc) is 2.46. The highest BCUT2D eigenvalue weighted by molar-refractivity contribution is 7.98. The summed E-state index contributed by atoms with van der Waals surface area (Å²) in [6.07, 6.45) is 1.96. The van der Waals surface area contributed by atoms with Crippen LogP contribution in [0.1, 0.15) is 29.8 Å². The van der Waals surface area contributed by atoms with Crippen LogP contribution in [0.25, 0.3) is 0 Å². The molecule has 0 bridgehead atoms. The zero-order valence-corrected chi connectivity index (χ0v) is 12.5. The summed E-state index contributed by atoms with van der Waals surface area (Å²) in [6.45, 7) is 4.27. The molecule has 1 heterocycles. The zero-order chi connectivity index (χ0) is 13.7. The largest absolute Gasteiger partial charge is 0.312 e. The Hall–Kier alpha value is -1.32. The molecule has 1 atom stereocenters. The van der Waals surface area contributed by atoms with Gasteiger partial charge in [-0.1, -0.05) is 24.3 Å². The van der Waals surface area contributed by atoms with Crippen LogP contribution >= 0.6 is 11.8 Å². The van der Waals surface area contributed by atoms with Gasteiger partial charge < -0.3 is 5.32 Å². The fraction of sp³-hybridized carbons (Fsp3) is 0.312. The van der Waals surface area contributed by atoms with Crippen LogP contribution in [0.4, 0.5) is 0 Å². The van der Waals surface area contributed by atoms with Gasteiger partial charge in [-0.2, -0.15) is 0 Å². The minimum absolute atomic E-state index is 0.301. The van der Waals surface area contributed by atoms with Gasteiger partial charge in [-0.15, -0.1) is 11.8 Å². The van der Waals surface area contributed by atoms with E-state index in [0.29, 0.717) is 6.04 Å². The molecule has 1 unspecified atom stereocenters. The molecule has 0 amide bonds. The van der Waals surface area contributed by atoms with Crippen LogP contribution in [0.5, 0.6) is 0 Å². The number of nitrogens with one attached hydrogen (secondary N) is 1. The molecule has 100 valence electrons. The van der Waals surface area contributed by atoms with E-state index in [-0.39, 0.29) is 0 Å². The monoisotopic (exact) mass is 272 g/mol. The second kappa shape index (κ2) is 6.73. The maximum absolute atomic E-state index is 4.50.